The summed E-state index contributed by atoms with van der Waals surface area (Å²) < 4.78 is 40.5. The molecule has 0 fully saturated rings. The molecule has 12 heteroatoms. The van der Waals surface area contributed by atoms with E-state index >= 15 is 0 Å². The molecule has 0 aliphatic carbocycles. The summed E-state index contributed by atoms with van der Waals surface area (Å²) >= 11 is 0. The van der Waals surface area contributed by atoms with Crippen LogP contribution in [0.5, 0.6) is 0 Å². The zero-order valence-corrected chi connectivity index (χ0v) is 7.48. The molecular weight excluding hydrogens is 274 g/mol. The van der Waals surface area contributed by atoms with E-state index in [0.29, 0.717) is 0 Å². The van der Waals surface area contributed by atoms with Crippen LogP contribution >= 0.6 is 7.82 Å². The Labute approximate surface area is 89.4 Å². The van der Waals surface area contributed by atoms with Gasteiger partial charge < -0.3 is 14.7 Å². The van der Waals surface area contributed by atoms with Gasteiger partial charge in [-0.25, -0.2) is 4.57 Å². The van der Waals surface area contributed by atoms with E-state index in [4.69, 9.17) is 36.8 Å². The first-order valence-electron chi connectivity index (χ1n) is 1.48. The van der Waals surface area contributed by atoms with Gasteiger partial charge in [-0.15, -0.1) is 0 Å². The van der Waals surface area contributed by atoms with Crippen molar-refractivity contribution in [3.63, 3.8) is 0 Å². The van der Waals surface area contributed by atoms with Gasteiger partial charge in [0.2, 0.25) is 0 Å². The maximum absolute atomic E-state index is 8.88. The molecule has 0 heterocycles. The summed E-state index contributed by atoms with van der Waals surface area (Å²) in [6.45, 7) is 0. The van der Waals surface area contributed by atoms with E-state index in [1.807, 2.05) is 0 Å². The molecular formula is H8AlFeO8PS. The maximum Gasteiger partial charge on any atom is 0.466 e. The molecule has 0 aliphatic rings. The molecule has 0 rings (SSSR count). The standard InChI is InChI=1S/Al.Fe.H3O4P.H2O4S.3H/c;;2*1-5(2,3)4;;;/h;;(H3,1,2,3,4);(H2,1,2,3,4);;;. The predicted octanol–water partition coefficient (Wildman–Crippen LogP) is -2.77. The third-order valence-corrected chi connectivity index (χ3v) is 0. The zero-order chi connectivity index (χ0) is 9.00. The monoisotopic (exact) mass is 282 g/mol. The molecule has 0 aliphatic heterocycles. The molecule has 8 nitrogen and oxygen atoms in total. The van der Waals surface area contributed by atoms with Crippen molar-refractivity contribution in [2.75, 3.05) is 0 Å². The van der Waals surface area contributed by atoms with Crippen LogP contribution in [0.4, 0.5) is 0 Å². The van der Waals surface area contributed by atoms with Gasteiger partial charge in [-0.3, -0.25) is 9.11 Å². The first kappa shape index (κ1) is 23.1. The first-order valence-corrected chi connectivity index (χ1v) is 4.44. The van der Waals surface area contributed by atoms with E-state index in [1.54, 1.807) is 0 Å². The van der Waals surface area contributed by atoms with Crippen molar-refractivity contribution in [1.29, 1.82) is 0 Å². The average molecular weight is 282 g/mol. The Morgan fingerprint density at radius 2 is 1.00 bits per heavy atom. The molecule has 0 unspecified atom stereocenters. The molecule has 5 N–H and O–H groups in total. The second-order valence-corrected chi connectivity index (χ2v) is 2.88. The van der Waals surface area contributed by atoms with Crippen molar-refractivity contribution < 1.29 is 53.8 Å². The Balaban J connectivity index is -0.0000000457. The van der Waals surface area contributed by atoms with Gasteiger partial charge in [0.1, 0.15) is 0 Å². The van der Waals surface area contributed by atoms with E-state index < -0.39 is 18.2 Å². The molecule has 0 bridgehead atoms. The fraction of sp³-hybridized carbons (Fsp3) is 0. The Morgan fingerprint density at radius 1 is 1.00 bits per heavy atom. The van der Waals surface area contributed by atoms with E-state index in [2.05, 4.69) is 0 Å². The van der Waals surface area contributed by atoms with Crippen molar-refractivity contribution in [2.24, 2.45) is 0 Å². The molecule has 0 saturated carbocycles. The summed E-state index contributed by atoms with van der Waals surface area (Å²) in [6, 6.07) is 0. The zero-order valence-electron chi connectivity index (χ0n) is 4.67. The van der Waals surface area contributed by atoms with Crippen molar-refractivity contribution in [3.8, 4) is 0 Å². The van der Waals surface area contributed by atoms with Crippen LogP contribution in [0.3, 0.4) is 0 Å². The number of phosphoric acid groups is 1. The summed E-state index contributed by atoms with van der Waals surface area (Å²) in [4.78, 5) is 21.6. The molecule has 0 aromatic heterocycles. The summed E-state index contributed by atoms with van der Waals surface area (Å²) in [6.07, 6.45) is 0. The van der Waals surface area contributed by atoms with Crippen LogP contribution in [0.2, 0.25) is 0 Å². The molecule has 78 valence electrons. The molecule has 0 amide bonds. The molecule has 12 heavy (non-hydrogen) atoms. The van der Waals surface area contributed by atoms with Gasteiger partial charge in [0.15, 0.2) is 17.4 Å². The summed E-state index contributed by atoms with van der Waals surface area (Å²) in [7, 11) is -9.31. The van der Waals surface area contributed by atoms with Crippen molar-refractivity contribution in [3.05, 3.63) is 0 Å². The molecule has 0 radical (unpaired) electrons. The number of rotatable bonds is 0. The minimum absolute atomic E-state index is 0. The van der Waals surface area contributed by atoms with E-state index in [0.717, 1.165) is 0 Å². The summed E-state index contributed by atoms with van der Waals surface area (Å²) in [5.41, 5.74) is 0. The fourth-order valence-electron chi connectivity index (χ4n) is 0. The normalized spacial score (nSPS) is 9.75. The van der Waals surface area contributed by atoms with Crippen LogP contribution < -0.4 is 0 Å². The van der Waals surface area contributed by atoms with E-state index in [9.17, 15) is 0 Å². The Bertz CT molecular complexity index is 197. The van der Waals surface area contributed by atoms with Gasteiger partial charge in [0.25, 0.3) is 0 Å². The first-order chi connectivity index (χ1) is 4.00. The largest absolute Gasteiger partial charge is 0.466 e. The minimum atomic E-state index is -4.67. The van der Waals surface area contributed by atoms with Gasteiger partial charge in [-0.05, 0) is 0 Å². The van der Waals surface area contributed by atoms with Gasteiger partial charge in [0.05, 0.1) is 0 Å². The topological polar surface area (TPSA) is 152 Å². The Hall–Kier alpha value is 1.03. The third kappa shape index (κ3) is 1040. The molecule has 0 atom stereocenters. The molecule has 0 saturated heterocycles. The van der Waals surface area contributed by atoms with Gasteiger partial charge in [-0.1, -0.05) is 0 Å². The average Bonchev–Trinajstić information content (AvgIpc) is 1.12. The van der Waals surface area contributed by atoms with Gasteiger partial charge >= 0.3 is 18.2 Å². The molecule has 0 spiro atoms. The van der Waals surface area contributed by atoms with Crippen molar-refractivity contribution in [2.45, 2.75) is 0 Å². The molecule has 0 aromatic carbocycles. The third-order valence-electron chi connectivity index (χ3n) is 0. The smallest absolute Gasteiger partial charge is 0.303 e. The van der Waals surface area contributed by atoms with Crippen LogP contribution in [0.15, 0.2) is 0 Å². The van der Waals surface area contributed by atoms with Crippen molar-refractivity contribution in [1.82, 2.24) is 0 Å². The molecule has 0 aromatic rings. The second kappa shape index (κ2) is 8.62. The van der Waals surface area contributed by atoms with Crippen LogP contribution in [0.1, 0.15) is 0 Å². The maximum atomic E-state index is 8.88. The van der Waals surface area contributed by atoms with Crippen LogP contribution in [0, 0.1) is 0 Å². The summed E-state index contributed by atoms with van der Waals surface area (Å²) in [5.74, 6) is 0. The van der Waals surface area contributed by atoms with Crippen LogP contribution in [-0.2, 0) is 32.0 Å². The summed E-state index contributed by atoms with van der Waals surface area (Å²) in [5, 5.41) is 0. The van der Waals surface area contributed by atoms with Crippen molar-refractivity contribution >= 4 is 35.6 Å². The fourth-order valence-corrected chi connectivity index (χ4v) is 0. The number of hydrogen-bond donors (Lipinski definition) is 5. The second-order valence-electron chi connectivity index (χ2n) is 0.961. The Morgan fingerprint density at radius 3 is 1.00 bits per heavy atom. The minimum Gasteiger partial charge on any atom is -0.303 e. The van der Waals surface area contributed by atoms with Gasteiger partial charge in [-0.2, -0.15) is 8.42 Å². The van der Waals surface area contributed by atoms with Crippen LogP contribution in [0.25, 0.3) is 0 Å². The van der Waals surface area contributed by atoms with Gasteiger partial charge in [0, 0.05) is 17.1 Å². The van der Waals surface area contributed by atoms with E-state index in [1.165, 1.54) is 0 Å². The quantitative estimate of drug-likeness (QED) is 0.182. The Kier molecular flexibility index (Phi) is 16.6. The van der Waals surface area contributed by atoms with E-state index in [-0.39, 0.29) is 34.4 Å². The van der Waals surface area contributed by atoms with Crippen LogP contribution in [-0.4, -0.2) is 49.6 Å². The predicted molar refractivity (Wildman–Crippen MR) is 38.4 cm³/mol. The SMILES string of the molecule is O=P(O)(O)O.O=S(=O)(O)O.[AlH3].[Fe]. The number of hydrogen-bond acceptors (Lipinski definition) is 3.